The minimum absolute atomic E-state index is 0.0328. The zero-order chi connectivity index (χ0) is 8.55. The van der Waals surface area contributed by atoms with Crippen molar-refractivity contribution < 1.29 is 4.57 Å². The maximum Gasteiger partial charge on any atom is 0.286 e. The van der Waals surface area contributed by atoms with E-state index in [4.69, 9.17) is 11.6 Å². The number of rotatable bonds is 1. The molecule has 1 aromatic carbocycles. The first-order chi connectivity index (χ1) is 5.83. The van der Waals surface area contributed by atoms with Crippen molar-refractivity contribution in [3.05, 3.63) is 35.5 Å². The molecular weight excluding hydrogens is 193 g/mol. The first kappa shape index (κ1) is 7.78. The van der Waals surface area contributed by atoms with Crippen LogP contribution in [0.2, 0.25) is 5.02 Å². The molecule has 0 aliphatic heterocycles. The van der Waals surface area contributed by atoms with Crippen molar-refractivity contribution in [2.24, 2.45) is 0 Å². The normalized spacial score (nSPS) is 11.1. The van der Waals surface area contributed by atoms with E-state index in [9.17, 15) is 4.57 Å². The van der Waals surface area contributed by atoms with E-state index in [0.717, 1.165) is 10.9 Å². The summed E-state index contributed by atoms with van der Waals surface area (Å²) in [6.45, 7) is 0. The topological polar surface area (TPSA) is 22.0 Å². The number of nitrogens with zero attached hydrogens (tertiary/aromatic N) is 1. The van der Waals surface area contributed by atoms with Gasteiger partial charge in [-0.1, -0.05) is 17.7 Å². The van der Waals surface area contributed by atoms with Crippen LogP contribution >= 0.6 is 20.2 Å². The molecule has 2 rings (SSSR count). The third-order valence-electron chi connectivity index (χ3n) is 1.75. The lowest BCUT2D eigenvalue weighted by Gasteiger charge is -1.93. The van der Waals surface area contributed by atoms with E-state index in [1.165, 1.54) is 0 Å². The van der Waals surface area contributed by atoms with Gasteiger partial charge in [-0.3, -0.25) is 4.34 Å². The molecule has 2 aromatic rings. The molecular formula is C8H5ClNOP. The van der Waals surface area contributed by atoms with Gasteiger partial charge in [0.2, 0.25) is 0 Å². The lowest BCUT2D eigenvalue weighted by molar-refractivity contribution is 0.595. The summed E-state index contributed by atoms with van der Waals surface area (Å²) in [7, 11) is -0.0328. The molecule has 0 fully saturated rings. The second-order valence-electron chi connectivity index (χ2n) is 2.41. The fourth-order valence-electron chi connectivity index (χ4n) is 1.19. The van der Waals surface area contributed by atoms with Crippen LogP contribution < -0.4 is 0 Å². The number of hydrogen-bond donors (Lipinski definition) is 0. The molecule has 1 aromatic heterocycles. The number of halogens is 1. The Morgan fingerprint density at radius 1 is 1.33 bits per heavy atom. The van der Waals surface area contributed by atoms with Crippen LogP contribution in [0.5, 0.6) is 0 Å². The Labute approximate surface area is 76.0 Å². The van der Waals surface area contributed by atoms with Crippen molar-refractivity contribution in [2.75, 3.05) is 0 Å². The molecule has 0 atom stereocenters. The number of hydrogen-bond acceptors (Lipinski definition) is 1. The summed E-state index contributed by atoms with van der Waals surface area (Å²) in [5.74, 6) is 0. The Hall–Kier alpha value is -0.850. The minimum Gasteiger partial charge on any atom is -0.266 e. The Morgan fingerprint density at radius 3 is 2.92 bits per heavy atom. The zero-order valence-corrected chi connectivity index (χ0v) is 7.72. The van der Waals surface area contributed by atoms with Crippen LogP contribution in [0.3, 0.4) is 0 Å². The van der Waals surface area contributed by atoms with Gasteiger partial charge in [0.05, 0.1) is 5.52 Å². The molecule has 0 saturated carbocycles. The van der Waals surface area contributed by atoms with E-state index in [-0.39, 0.29) is 8.61 Å². The maximum absolute atomic E-state index is 10.6. The fourth-order valence-corrected chi connectivity index (χ4v) is 1.80. The van der Waals surface area contributed by atoms with Crippen LogP contribution in [-0.4, -0.2) is 4.34 Å². The van der Waals surface area contributed by atoms with Gasteiger partial charge in [-0.2, -0.15) is 0 Å². The highest BCUT2D eigenvalue weighted by Gasteiger charge is 2.02. The van der Waals surface area contributed by atoms with Crippen molar-refractivity contribution in [1.29, 1.82) is 0 Å². The van der Waals surface area contributed by atoms with Crippen LogP contribution in [0.15, 0.2) is 30.5 Å². The summed E-state index contributed by atoms with van der Waals surface area (Å²) in [4.78, 5) is 0. The van der Waals surface area contributed by atoms with Gasteiger partial charge in [0.1, 0.15) is 0 Å². The molecule has 2 nitrogen and oxygen atoms in total. The summed E-state index contributed by atoms with van der Waals surface area (Å²) >= 11 is 5.91. The molecule has 0 N–H and O–H groups in total. The SMILES string of the molecule is O=Pn1ccc2c(Cl)cccc21. The molecule has 0 amide bonds. The van der Waals surface area contributed by atoms with Gasteiger partial charge >= 0.3 is 0 Å². The molecule has 4 heteroatoms. The van der Waals surface area contributed by atoms with Crippen molar-refractivity contribution in [3.8, 4) is 0 Å². The van der Waals surface area contributed by atoms with E-state index in [2.05, 4.69) is 0 Å². The molecule has 0 unspecified atom stereocenters. The molecule has 1 heterocycles. The number of benzene rings is 1. The van der Waals surface area contributed by atoms with Crippen molar-refractivity contribution in [2.45, 2.75) is 0 Å². The first-order valence-electron chi connectivity index (χ1n) is 3.42. The van der Waals surface area contributed by atoms with Gasteiger partial charge in [0, 0.05) is 16.6 Å². The van der Waals surface area contributed by atoms with Crippen LogP contribution in [0, 0.1) is 0 Å². The van der Waals surface area contributed by atoms with Gasteiger partial charge in [-0.05, 0) is 18.2 Å². The van der Waals surface area contributed by atoms with Crippen molar-refractivity contribution >= 4 is 31.1 Å². The summed E-state index contributed by atoms with van der Waals surface area (Å²) < 4.78 is 12.2. The Morgan fingerprint density at radius 2 is 2.17 bits per heavy atom. The first-order valence-corrected chi connectivity index (χ1v) is 4.56. The standard InChI is InChI=1S/C8H5ClNOP/c9-7-2-1-3-8-6(7)4-5-10(8)12-11/h1-5H. The quantitative estimate of drug-likeness (QED) is 0.643. The van der Waals surface area contributed by atoms with E-state index in [0.29, 0.717) is 5.02 Å². The minimum atomic E-state index is -0.0328. The second kappa shape index (κ2) is 2.89. The van der Waals surface area contributed by atoms with Gasteiger partial charge < -0.3 is 0 Å². The van der Waals surface area contributed by atoms with Gasteiger partial charge in [0.25, 0.3) is 8.61 Å². The summed E-state index contributed by atoms with van der Waals surface area (Å²) in [5, 5.41) is 1.62. The molecule has 60 valence electrons. The van der Waals surface area contributed by atoms with Gasteiger partial charge in [-0.25, -0.2) is 4.57 Å². The fraction of sp³-hybridized carbons (Fsp3) is 0. The zero-order valence-electron chi connectivity index (χ0n) is 6.07. The average Bonchev–Trinajstić information content (AvgIpc) is 2.49. The highest BCUT2D eigenvalue weighted by molar-refractivity contribution is 7.22. The Bertz CT molecular complexity index is 438. The molecule has 0 saturated heterocycles. The van der Waals surface area contributed by atoms with Gasteiger partial charge in [-0.15, -0.1) is 0 Å². The molecule has 0 aliphatic rings. The third-order valence-corrected chi connectivity index (χ3v) is 2.60. The monoisotopic (exact) mass is 197 g/mol. The smallest absolute Gasteiger partial charge is 0.266 e. The number of fused-ring (bicyclic) bond motifs is 1. The predicted octanol–water partition coefficient (Wildman–Crippen LogP) is 3.35. The van der Waals surface area contributed by atoms with Crippen LogP contribution in [-0.2, 0) is 4.57 Å². The summed E-state index contributed by atoms with van der Waals surface area (Å²) in [5.41, 5.74) is 0.888. The predicted molar refractivity (Wildman–Crippen MR) is 50.0 cm³/mol. The number of aromatic nitrogens is 1. The van der Waals surface area contributed by atoms with Crippen molar-refractivity contribution in [3.63, 3.8) is 0 Å². The highest BCUT2D eigenvalue weighted by atomic mass is 35.5. The van der Waals surface area contributed by atoms with Crippen LogP contribution in [0.1, 0.15) is 0 Å². The Kier molecular flexibility index (Phi) is 1.87. The van der Waals surface area contributed by atoms with E-state index < -0.39 is 0 Å². The lowest BCUT2D eigenvalue weighted by atomic mass is 10.2. The van der Waals surface area contributed by atoms with E-state index in [1.807, 2.05) is 24.3 Å². The molecule has 0 spiro atoms. The summed E-state index contributed by atoms with van der Waals surface area (Å²) in [6.07, 6.45) is 1.74. The maximum atomic E-state index is 10.6. The van der Waals surface area contributed by atoms with E-state index >= 15 is 0 Å². The second-order valence-corrected chi connectivity index (χ2v) is 3.42. The van der Waals surface area contributed by atoms with Gasteiger partial charge in [0.15, 0.2) is 0 Å². The Balaban J connectivity index is 2.88. The highest BCUT2D eigenvalue weighted by Crippen LogP contribution is 2.26. The molecule has 0 aliphatic carbocycles. The third kappa shape index (κ3) is 1.04. The molecule has 0 bridgehead atoms. The van der Waals surface area contributed by atoms with Crippen LogP contribution in [0.4, 0.5) is 0 Å². The summed E-state index contributed by atoms with van der Waals surface area (Å²) in [6, 6.07) is 7.39. The average molecular weight is 198 g/mol. The lowest BCUT2D eigenvalue weighted by Crippen LogP contribution is -1.75. The van der Waals surface area contributed by atoms with E-state index in [1.54, 1.807) is 10.5 Å². The van der Waals surface area contributed by atoms with Crippen LogP contribution in [0.25, 0.3) is 10.9 Å². The molecule has 12 heavy (non-hydrogen) atoms. The largest absolute Gasteiger partial charge is 0.286 e. The van der Waals surface area contributed by atoms with Crippen molar-refractivity contribution in [1.82, 2.24) is 4.34 Å². The molecule has 0 radical (unpaired) electrons.